The van der Waals surface area contributed by atoms with Crippen LogP contribution in [0.25, 0.3) is 0 Å². The molecule has 0 heterocycles. The van der Waals surface area contributed by atoms with Crippen molar-refractivity contribution >= 4 is 0 Å². The second-order valence-corrected chi connectivity index (χ2v) is 3.84. The van der Waals surface area contributed by atoms with Crippen molar-refractivity contribution in [3.63, 3.8) is 0 Å². The van der Waals surface area contributed by atoms with Crippen LogP contribution < -0.4 is 0 Å². The number of nitrogens with zero attached hydrogens (tertiary/aromatic N) is 1. The monoisotopic (exact) mass is 159 g/mol. The van der Waals surface area contributed by atoms with E-state index in [1.807, 2.05) is 27.8 Å². The first-order valence-corrected chi connectivity index (χ1v) is 4.31. The maximum absolute atomic E-state index is 9.85. The lowest BCUT2D eigenvalue weighted by atomic mass is 9.92. The van der Waals surface area contributed by atoms with Gasteiger partial charge in [-0.3, -0.25) is 0 Å². The lowest BCUT2D eigenvalue weighted by molar-refractivity contribution is -0.0120. The van der Waals surface area contributed by atoms with Crippen LogP contribution in [0.4, 0.5) is 0 Å². The number of aliphatic hydroxyl groups is 1. The van der Waals surface area contributed by atoms with Crippen LogP contribution in [0.15, 0.2) is 0 Å². The van der Waals surface area contributed by atoms with E-state index in [4.69, 9.17) is 0 Å². The summed E-state index contributed by atoms with van der Waals surface area (Å²) in [5.41, 5.74) is -0.551. The van der Waals surface area contributed by atoms with Crippen molar-refractivity contribution < 1.29 is 5.11 Å². The minimum absolute atomic E-state index is 0.316. The van der Waals surface area contributed by atoms with Crippen LogP contribution in [-0.4, -0.2) is 35.7 Å². The van der Waals surface area contributed by atoms with Gasteiger partial charge in [0.1, 0.15) is 0 Å². The van der Waals surface area contributed by atoms with Gasteiger partial charge in [-0.15, -0.1) is 0 Å². The van der Waals surface area contributed by atoms with E-state index >= 15 is 0 Å². The van der Waals surface area contributed by atoms with Gasteiger partial charge in [-0.1, -0.05) is 20.8 Å². The van der Waals surface area contributed by atoms with Gasteiger partial charge >= 0.3 is 0 Å². The summed E-state index contributed by atoms with van der Waals surface area (Å²) in [4.78, 5) is 2.12. The summed E-state index contributed by atoms with van der Waals surface area (Å²) >= 11 is 0. The van der Waals surface area contributed by atoms with E-state index < -0.39 is 5.60 Å². The molecule has 0 aromatic heterocycles. The zero-order chi connectivity index (χ0) is 9.07. The fourth-order valence-corrected chi connectivity index (χ4v) is 0.841. The Kier molecular flexibility index (Phi) is 4.04. The Balaban J connectivity index is 3.90. The van der Waals surface area contributed by atoms with Crippen LogP contribution in [-0.2, 0) is 0 Å². The van der Waals surface area contributed by atoms with Crippen molar-refractivity contribution in [3.8, 4) is 0 Å². The SMILES string of the molecule is CCN(C)CC(C)(O)C(C)C. The van der Waals surface area contributed by atoms with Gasteiger partial charge in [0.2, 0.25) is 0 Å². The highest BCUT2D eigenvalue weighted by atomic mass is 16.3. The van der Waals surface area contributed by atoms with Crippen molar-refractivity contribution in [2.45, 2.75) is 33.3 Å². The molecule has 0 aromatic carbocycles. The topological polar surface area (TPSA) is 23.5 Å². The molecule has 0 saturated carbocycles. The van der Waals surface area contributed by atoms with E-state index in [2.05, 4.69) is 11.8 Å². The van der Waals surface area contributed by atoms with Crippen molar-refractivity contribution in [2.75, 3.05) is 20.1 Å². The van der Waals surface area contributed by atoms with Gasteiger partial charge < -0.3 is 10.0 Å². The van der Waals surface area contributed by atoms with Crippen molar-refractivity contribution in [2.24, 2.45) is 5.92 Å². The Labute approximate surface area is 70.2 Å². The Bertz CT molecular complexity index is 110. The molecule has 0 aliphatic heterocycles. The van der Waals surface area contributed by atoms with E-state index in [1.54, 1.807) is 0 Å². The third-order valence-electron chi connectivity index (χ3n) is 2.37. The smallest absolute Gasteiger partial charge is 0.0768 e. The minimum atomic E-state index is -0.551. The van der Waals surface area contributed by atoms with Crippen LogP contribution in [0.1, 0.15) is 27.7 Å². The molecule has 0 aliphatic rings. The predicted octanol–water partition coefficient (Wildman–Crippen LogP) is 1.35. The molecule has 0 saturated heterocycles. The van der Waals surface area contributed by atoms with E-state index in [1.165, 1.54) is 0 Å². The second kappa shape index (κ2) is 4.07. The Morgan fingerprint density at radius 3 is 2.18 bits per heavy atom. The molecule has 68 valence electrons. The quantitative estimate of drug-likeness (QED) is 0.669. The Hall–Kier alpha value is -0.0800. The maximum Gasteiger partial charge on any atom is 0.0768 e. The Morgan fingerprint density at radius 1 is 1.45 bits per heavy atom. The van der Waals surface area contributed by atoms with Crippen LogP contribution in [0.3, 0.4) is 0 Å². The molecule has 0 bridgehead atoms. The van der Waals surface area contributed by atoms with Gasteiger partial charge in [0.25, 0.3) is 0 Å². The molecule has 1 unspecified atom stereocenters. The molecule has 2 nitrogen and oxygen atoms in total. The average molecular weight is 159 g/mol. The normalized spacial score (nSPS) is 17.5. The van der Waals surface area contributed by atoms with E-state index in [9.17, 15) is 5.11 Å². The molecule has 0 radical (unpaired) electrons. The predicted molar refractivity (Wildman–Crippen MR) is 48.6 cm³/mol. The highest BCUT2D eigenvalue weighted by Gasteiger charge is 2.25. The van der Waals surface area contributed by atoms with Gasteiger partial charge in [0, 0.05) is 6.54 Å². The number of hydrogen-bond acceptors (Lipinski definition) is 2. The summed E-state index contributed by atoms with van der Waals surface area (Å²) in [6.07, 6.45) is 0. The van der Waals surface area contributed by atoms with Gasteiger partial charge in [-0.2, -0.15) is 0 Å². The average Bonchev–Trinajstić information content (AvgIpc) is 1.86. The summed E-state index contributed by atoms with van der Waals surface area (Å²) in [6, 6.07) is 0. The molecule has 0 fully saturated rings. The lowest BCUT2D eigenvalue weighted by Crippen LogP contribution is -2.42. The number of hydrogen-bond donors (Lipinski definition) is 1. The summed E-state index contributed by atoms with van der Waals surface area (Å²) < 4.78 is 0. The summed E-state index contributed by atoms with van der Waals surface area (Å²) in [5, 5.41) is 9.85. The van der Waals surface area contributed by atoms with Gasteiger partial charge in [-0.05, 0) is 26.4 Å². The first-order valence-electron chi connectivity index (χ1n) is 4.31. The Morgan fingerprint density at radius 2 is 1.91 bits per heavy atom. The molecule has 0 rings (SSSR count). The molecule has 1 N–H and O–H groups in total. The fraction of sp³-hybridized carbons (Fsp3) is 1.00. The molecule has 2 heteroatoms. The maximum atomic E-state index is 9.85. The molecular formula is C9H21NO. The third-order valence-corrected chi connectivity index (χ3v) is 2.37. The van der Waals surface area contributed by atoms with Crippen LogP contribution in [0.5, 0.6) is 0 Å². The van der Waals surface area contributed by atoms with E-state index in [0.29, 0.717) is 5.92 Å². The fourth-order valence-electron chi connectivity index (χ4n) is 0.841. The second-order valence-electron chi connectivity index (χ2n) is 3.84. The van der Waals surface area contributed by atoms with Crippen LogP contribution >= 0.6 is 0 Å². The van der Waals surface area contributed by atoms with E-state index in [0.717, 1.165) is 13.1 Å². The van der Waals surface area contributed by atoms with Crippen molar-refractivity contribution in [1.82, 2.24) is 4.90 Å². The zero-order valence-corrected chi connectivity index (χ0v) is 8.39. The highest BCUT2D eigenvalue weighted by molar-refractivity contribution is 4.79. The molecule has 1 atom stereocenters. The number of rotatable bonds is 4. The standard InChI is InChI=1S/C9H21NO/c1-6-10(5)7-9(4,11)8(2)3/h8,11H,6-7H2,1-5H3. The molecule has 11 heavy (non-hydrogen) atoms. The molecular weight excluding hydrogens is 138 g/mol. The summed E-state index contributed by atoms with van der Waals surface area (Å²) in [5.74, 6) is 0.316. The van der Waals surface area contributed by atoms with Gasteiger partial charge in [-0.25, -0.2) is 0 Å². The van der Waals surface area contributed by atoms with Crippen molar-refractivity contribution in [1.29, 1.82) is 0 Å². The first-order chi connectivity index (χ1) is 4.90. The van der Waals surface area contributed by atoms with Crippen LogP contribution in [0.2, 0.25) is 0 Å². The summed E-state index contributed by atoms with van der Waals surface area (Å²) in [6.45, 7) is 9.82. The number of likely N-dealkylation sites (N-methyl/N-ethyl adjacent to an activating group) is 1. The first kappa shape index (κ1) is 10.9. The molecule has 0 aromatic rings. The van der Waals surface area contributed by atoms with Crippen LogP contribution in [0, 0.1) is 5.92 Å². The highest BCUT2D eigenvalue weighted by Crippen LogP contribution is 2.16. The van der Waals surface area contributed by atoms with Gasteiger partial charge in [0.15, 0.2) is 0 Å². The lowest BCUT2D eigenvalue weighted by Gasteiger charge is -2.31. The van der Waals surface area contributed by atoms with Crippen molar-refractivity contribution in [3.05, 3.63) is 0 Å². The molecule has 0 aliphatic carbocycles. The molecule has 0 amide bonds. The van der Waals surface area contributed by atoms with Gasteiger partial charge in [0.05, 0.1) is 5.60 Å². The molecule has 0 spiro atoms. The summed E-state index contributed by atoms with van der Waals surface area (Å²) in [7, 11) is 2.02. The minimum Gasteiger partial charge on any atom is -0.389 e. The zero-order valence-electron chi connectivity index (χ0n) is 8.39. The largest absolute Gasteiger partial charge is 0.389 e. The third kappa shape index (κ3) is 3.73. The van der Waals surface area contributed by atoms with E-state index in [-0.39, 0.29) is 0 Å².